The van der Waals surface area contributed by atoms with Crippen LogP contribution in [0.5, 0.6) is 0 Å². The molecule has 1 rings (SSSR count). The third-order valence-corrected chi connectivity index (χ3v) is 1.03. The Kier molecular flexibility index (Phi) is 1.62. The van der Waals surface area contributed by atoms with E-state index in [2.05, 4.69) is 9.97 Å². The van der Waals surface area contributed by atoms with Gasteiger partial charge >= 0.3 is 0 Å². The van der Waals surface area contributed by atoms with Gasteiger partial charge in [0.05, 0.1) is 6.20 Å². The Morgan fingerprint density at radius 3 is 2.80 bits per heavy atom. The first-order valence-electron chi connectivity index (χ1n) is 2.76. The Morgan fingerprint density at radius 1 is 1.70 bits per heavy atom. The first-order chi connectivity index (χ1) is 4.70. The van der Waals surface area contributed by atoms with E-state index in [1.807, 2.05) is 0 Å². The molecule has 0 aliphatic carbocycles. The van der Waals surface area contributed by atoms with Crippen LogP contribution in [0.4, 0.5) is 0 Å². The lowest BCUT2D eigenvalue weighted by Gasteiger charge is -1.88. The quantitative estimate of drug-likeness (QED) is 0.554. The molecular weight excluding hydrogens is 132 g/mol. The molecule has 1 aromatic rings. The molecule has 1 heterocycles. The predicted molar refractivity (Wildman–Crippen MR) is 34.9 cm³/mol. The van der Waals surface area contributed by atoms with Crippen molar-refractivity contribution < 1.29 is 4.79 Å². The van der Waals surface area contributed by atoms with Crippen molar-refractivity contribution in [2.24, 2.45) is 0 Å². The van der Waals surface area contributed by atoms with E-state index in [9.17, 15) is 9.59 Å². The molecule has 1 N–H and O–H groups in total. The number of carbonyl (C=O) groups excluding carboxylic acids is 1. The van der Waals surface area contributed by atoms with Crippen molar-refractivity contribution in [2.75, 3.05) is 0 Å². The molecule has 10 heavy (non-hydrogen) atoms. The second-order valence-corrected chi connectivity index (χ2v) is 1.85. The summed E-state index contributed by atoms with van der Waals surface area (Å²) < 4.78 is 0. The van der Waals surface area contributed by atoms with E-state index in [1.165, 1.54) is 13.1 Å². The van der Waals surface area contributed by atoms with Gasteiger partial charge in [-0.25, -0.2) is 4.98 Å². The van der Waals surface area contributed by atoms with Crippen LogP contribution in [0.2, 0.25) is 0 Å². The van der Waals surface area contributed by atoms with Crippen LogP contribution in [0.3, 0.4) is 0 Å². The summed E-state index contributed by atoms with van der Waals surface area (Å²) in [7, 11) is 0. The van der Waals surface area contributed by atoms with E-state index in [4.69, 9.17) is 0 Å². The van der Waals surface area contributed by atoms with Gasteiger partial charge in [0.15, 0.2) is 5.78 Å². The van der Waals surface area contributed by atoms with Crippen LogP contribution < -0.4 is 5.56 Å². The van der Waals surface area contributed by atoms with Crippen LogP contribution in [-0.2, 0) is 0 Å². The molecule has 0 amide bonds. The molecule has 0 aliphatic heterocycles. The summed E-state index contributed by atoms with van der Waals surface area (Å²) in [5.41, 5.74) is -0.0235. The minimum atomic E-state index is -0.301. The third-order valence-electron chi connectivity index (χ3n) is 1.03. The molecule has 0 atom stereocenters. The van der Waals surface area contributed by atoms with Crippen molar-refractivity contribution >= 4 is 5.78 Å². The van der Waals surface area contributed by atoms with Gasteiger partial charge in [0.2, 0.25) is 0 Å². The zero-order valence-corrected chi connectivity index (χ0v) is 5.42. The zero-order chi connectivity index (χ0) is 7.56. The second-order valence-electron chi connectivity index (χ2n) is 1.85. The number of aromatic nitrogens is 2. The van der Waals surface area contributed by atoms with Gasteiger partial charge in [0, 0.05) is 13.1 Å². The SMILES string of the molecule is CC(=O)c1c[nH]c(=O)cn1. The molecule has 0 aromatic carbocycles. The van der Waals surface area contributed by atoms with Crippen molar-refractivity contribution in [3.05, 3.63) is 28.4 Å². The molecule has 4 heteroatoms. The largest absolute Gasteiger partial charge is 0.325 e. The summed E-state index contributed by atoms with van der Waals surface area (Å²) in [5, 5.41) is 0. The fourth-order valence-corrected chi connectivity index (χ4v) is 0.535. The van der Waals surface area contributed by atoms with Crippen molar-refractivity contribution in [3.63, 3.8) is 0 Å². The fourth-order valence-electron chi connectivity index (χ4n) is 0.535. The van der Waals surface area contributed by atoms with Gasteiger partial charge in [-0.05, 0) is 0 Å². The van der Waals surface area contributed by atoms with Crippen LogP contribution in [-0.4, -0.2) is 15.8 Å². The van der Waals surface area contributed by atoms with Gasteiger partial charge in [-0.3, -0.25) is 9.59 Å². The first-order valence-corrected chi connectivity index (χ1v) is 2.76. The van der Waals surface area contributed by atoms with E-state index in [0.717, 1.165) is 6.20 Å². The standard InChI is InChI=1S/C6H6N2O2/c1-4(9)5-2-8-6(10)3-7-5/h2-3H,1H3,(H,8,10). The highest BCUT2D eigenvalue weighted by atomic mass is 16.1. The van der Waals surface area contributed by atoms with E-state index in [0.29, 0.717) is 0 Å². The van der Waals surface area contributed by atoms with Crippen LogP contribution in [0.25, 0.3) is 0 Å². The number of carbonyl (C=O) groups is 1. The molecule has 4 nitrogen and oxygen atoms in total. The average molecular weight is 138 g/mol. The molecule has 0 spiro atoms. The molecule has 0 fully saturated rings. The lowest BCUT2D eigenvalue weighted by Crippen LogP contribution is -2.08. The van der Waals surface area contributed by atoms with Gasteiger partial charge in [-0.15, -0.1) is 0 Å². The highest BCUT2D eigenvalue weighted by Crippen LogP contribution is 1.86. The first kappa shape index (κ1) is 6.67. The second kappa shape index (κ2) is 2.43. The van der Waals surface area contributed by atoms with Gasteiger partial charge < -0.3 is 4.98 Å². The Balaban J connectivity index is 3.12. The average Bonchev–Trinajstić information content (AvgIpc) is 1.88. The summed E-state index contributed by atoms with van der Waals surface area (Å²) in [6.45, 7) is 1.39. The number of nitrogens with zero attached hydrogens (tertiary/aromatic N) is 1. The molecular formula is C6H6N2O2. The molecule has 0 radical (unpaired) electrons. The molecule has 0 unspecified atom stereocenters. The molecule has 0 bridgehead atoms. The number of ketones is 1. The van der Waals surface area contributed by atoms with Crippen LogP contribution in [0, 0.1) is 0 Å². The highest BCUT2D eigenvalue weighted by Gasteiger charge is 1.97. The topological polar surface area (TPSA) is 62.8 Å². The normalized spacial score (nSPS) is 9.30. The summed E-state index contributed by atoms with van der Waals surface area (Å²) in [6, 6.07) is 0. The Bertz CT molecular complexity index is 282. The summed E-state index contributed by atoms with van der Waals surface area (Å²) >= 11 is 0. The Morgan fingerprint density at radius 2 is 2.40 bits per heavy atom. The van der Waals surface area contributed by atoms with Gasteiger partial charge in [0.25, 0.3) is 5.56 Å². The smallest absolute Gasteiger partial charge is 0.266 e. The van der Waals surface area contributed by atoms with Crippen molar-refractivity contribution in [3.8, 4) is 0 Å². The monoisotopic (exact) mass is 138 g/mol. The van der Waals surface area contributed by atoms with Crippen molar-refractivity contribution in [1.82, 2.24) is 9.97 Å². The summed E-state index contributed by atoms with van der Waals surface area (Å²) in [5.74, 6) is -0.156. The molecule has 0 saturated heterocycles. The number of aromatic amines is 1. The van der Waals surface area contributed by atoms with Crippen LogP contribution >= 0.6 is 0 Å². The maximum absolute atomic E-state index is 10.6. The maximum Gasteiger partial charge on any atom is 0.266 e. The van der Waals surface area contributed by atoms with Crippen molar-refractivity contribution in [1.29, 1.82) is 0 Å². The number of hydrogen-bond acceptors (Lipinski definition) is 3. The van der Waals surface area contributed by atoms with Crippen LogP contribution in [0.15, 0.2) is 17.2 Å². The molecule has 0 saturated carbocycles. The molecule has 1 aromatic heterocycles. The van der Waals surface area contributed by atoms with E-state index < -0.39 is 0 Å². The van der Waals surface area contributed by atoms with Gasteiger partial charge in [0.1, 0.15) is 5.69 Å². The van der Waals surface area contributed by atoms with E-state index in [-0.39, 0.29) is 17.0 Å². The number of Topliss-reactive ketones (excluding diaryl/α,β-unsaturated/α-hetero) is 1. The number of H-pyrrole nitrogens is 1. The Labute approximate surface area is 56.9 Å². The minimum Gasteiger partial charge on any atom is -0.325 e. The Hall–Kier alpha value is -1.45. The van der Waals surface area contributed by atoms with E-state index in [1.54, 1.807) is 0 Å². The molecule has 0 aliphatic rings. The summed E-state index contributed by atoms with van der Waals surface area (Å²) in [4.78, 5) is 26.9. The van der Waals surface area contributed by atoms with Gasteiger partial charge in [-0.2, -0.15) is 0 Å². The highest BCUT2D eigenvalue weighted by molar-refractivity contribution is 5.91. The van der Waals surface area contributed by atoms with Gasteiger partial charge in [-0.1, -0.05) is 0 Å². The lowest BCUT2D eigenvalue weighted by atomic mass is 10.3. The van der Waals surface area contributed by atoms with Crippen LogP contribution in [0.1, 0.15) is 17.4 Å². The van der Waals surface area contributed by atoms with E-state index >= 15 is 0 Å². The minimum absolute atomic E-state index is 0.156. The fraction of sp³-hybridized carbons (Fsp3) is 0.167. The number of hydrogen-bond donors (Lipinski definition) is 1. The third kappa shape index (κ3) is 1.28. The maximum atomic E-state index is 10.6. The molecule has 52 valence electrons. The number of rotatable bonds is 1. The zero-order valence-electron chi connectivity index (χ0n) is 5.42. The lowest BCUT2D eigenvalue weighted by molar-refractivity contribution is 0.101. The summed E-state index contributed by atoms with van der Waals surface area (Å²) in [6.07, 6.45) is 2.38. The predicted octanol–water partition coefficient (Wildman–Crippen LogP) is -0.0275. The van der Waals surface area contributed by atoms with Crippen molar-refractivity contribution in [2.45, 2.75) is 6.92 Å². The number of nitrogens with one attached hydrogen (secondary N) is 1.